The van der Waals surface area contributed by atoms with Gasteiger partial charge in [-0.2, -0.15) is 0 Å². The normalized spacial score (nSPS) is 45.4. The number of nitrogens with one attached hydrogen (secondary N) is 1. The van der Waals surface area contributed by atoms with Crippen LogP contribution < -0.4 is 5.32 Å². The van der Waals surface area contributed by atoms with Crippen LogP contribution in [0.25, 0.3) is 0 Å². The second kappa shape index (κ2) is 13.9. The van der Waals surface area contributed by atoms with Gasteiger partial charge in [0.1, 0.15) is 18.0 Å². The number of carbonyl (C=O) groups excluding carboxylic acids is 4. The molecule has 3 unspecified atom stereocenters. The molecule has 0 spiro atoms. The van der Waals surface area contributed by atoms with Crippen LogP contribution in [0, 0.1) is 17.8 Å². The Morgan fingerprint density at radius 2 is 1.67 bits per heavy atom. The molecule has 0 aromatic heterocycles. The van der Waals surface area contributed by atoms with E-state index in [1.54, 1.807) is 27.7 Å². The number of hydrogen-bond acceptors (Lipinski definition) is 11. The molecule has 1 amide bonds. The molecule has 0 aromatic carbocycles. The summed E-state index contributed by atoms with van der Waals surface area (Å²) in [4.78, 5) is 55.7. The number of Topliss-reactive ketones (excluding diaryl/α,β-unsaturated/α-hetero) is 2. The van der Waals surface area contributed by atoms with Crippen LogP contribution in [0.5, 0.6) is 0 Å². The lowest BCUT2D eigenvalue weighted by atomic mass is 9.73. The first-order valence-electron chi connectivity index (χ1n) is 16.0. The summed E-state index contributed by atoms with van der Waals surface area (Å²) in [5.74, 6) is -5.66. The number of cyclic esters (lactones) is 1. The smallest absolute Gasteiger partial charge is 0.408 e. The van der Waals surface area contributed by atoms with Crippen molar-refractivity contribution in [3.63, 3.8) is 0 Å². The van der Waals surface area contributed by atoms with Crippen LogP contribution in [0.1, 0.15) is 81.1 Å². The summed E-state index contributed by atoms with van der Waals surface area (Å²) < 4.78 is 46.1. The van der Waals surface area contributed by atoms with Crippen LogP contribution in [0.2, 0.25) is 0 Å². The largest absolute Gasteiger partial charge is 0.455 e. The van der Waals surface area contributed by atoms with Crippen molar-refractivity contribution in [1.29, 1.82) is 0 Å². The van der Waals surface area contributed by atoms with Gasteiger partial charge in [-0.25, -0.2) is 14.0 Å². The van der Waals surface area contributed by atoms with E-state index in [4.69, 9.17) is 23.7 Å². The number of ether oxygens (including phenoxy) is 5. The minimum atomic E-state index is -3.13. The molecule has 13 heteroatoms. The second-order valence-electron chi connectivity index (χ2n) is 13.8. The number of hydrogen-bond donors (Lipinski definition) is 2. The number of aliphatic hydroxyl groups is 1. The topological polar surface area (TPSA) is 150 Å². The number of amides is 1. The number of halogens is 1. The van der Waals surface area contributed by atoms with Gasteiger partial charge >= 0.3 is 12.1 Å². The van der Waals surface area contributed by atoms with E-state index < -0.39 is 83.1 Å². The van der Waals surface area contributed by atoms with Gasteiger partial charge in [0.2, 0.25) is 0 Å². The predicted molar refractivity (Wildman–Crippen MR) is 161 cm³/mol. The molecule has 3 saturated heterocycles. The zero-order chi connectivity index (χ0) is 34.2. The van der Waals surface area contributed by atoms with Crippen molar-refractivity contribution in [2.75, 3.05) is 21.2 Å². The monoisotopic (exact) mass is 644 g/mol. The third-order valence-corrected chi connectivity index (χ3v) is 10.3. The van der Waals surface area contributed by atoms with E-state index >= 15 is 4.39 Å². The summed E-state index contributed by atoms with van der Waals surface area (Å²) >= 11 is 0. The average molecular weight is 645 g/mol. The van der Waals surface area contributed by atoms with Gasteiger partial charge in [-0.1, -0.05) is 34.6 Å². The van der Waals surface area contributed by atoms with Gasteiger partial charge in [0.25, 0.3) is 5.67 Å². The number of alkyl carbamates (subject to hydrolysis) is 1. The molecule has 3 fully saturated rings. The number of carbonyl (C=O) groups is 4. The Morgan fingerprint density at radius 3 is 2.20 bits per heavy atom. The number of methoxy groups -OCH3 is 1. The fraction of sp³-hybridized carbons (Fsp3) is 0.875. The zero-order valence-electron chi connectivity index (χ0n) is 28.5. The first-order valence-corrected chi connectivity index (χ1v) is 16.0. The Balaban J connectivity index is 2.14. The Labute approximate surface area is 266 Å². The Morgan fingerprint density at radius 1 is 1.04 bits per heavy atom. The lowest BCUT2D eigenvalue weighted by molar-refractivity contribution is -0.298. The second-order valence-corrected chi connectivity index (χ2v) is 13.8. The van der Waals surface area contributed by atoms with Crippen LogP contribution in [0.3, 0.4) is 0 Å². The number of aliphatic hydroxyl groups excluding tert-OH is 1. The summed E-state index contributed by atoms with van der Waals surface area (Å²) in [5.41, 5.74) is -6.06. The molecule has 0 aliphatic carbocycles. The summed E-state index contributed by atoms with van der Waals surface area (Å²) in [6.45, 7) is 12.4. The van der Waals surface area contributed by atoms with Crippen LogP contribution in [0.4, 0.5) is 9.18 Å². The fourth-order valence-electron chi connectivity index (χ4n) is 7.34. The van der Waals surface area contributed by atoms with Crippen molar-refractivity contribution in [3.05, 3.63) is 0 Å². The number of esters is 1. The van der Waals surface area contributed by atoms with Crippen molar-refractivity contribution >= 4 is 23.6 Å². The minimum absolute atomic E-state index is 0.0228. The van der Waals surface area contributed by atoms with E-state index in [1.165, 1.54) is 21.0 Å². The summed E-state index contributed by atoms with van der Waals surface area (Å²) in [6.07, 6.45) is -4.55. The molecule has 2 N–H and O–H groups in total. The average Bonchev–Trinajstić information content (AvgIpc) is 3.30. The Kier molecular flexibility index (Phi) is 11.5. The van der Waals surface area contributed by atoms with Gasteiger partial charge in [-0.05, 0) is 60.5 Å². The maximum atomic E-state index is 16.4. The van der Waals surface area contributed by atoms with E-state index in [-0.39, 0.29) is 30.8 Å². The van der Waals surface area contributed by atoms with Gasteiger partial charge < -0.3 is 39.0 Å². The first kappa shape index (κ1) is 37.3. The van der Waals surface area contributed by atoms with Crippen molar-refractivity contribution in [2.24, 2.45) is 17.8 Å². The van der Waals surface area contributed by atoms with Crippen molar-refractivity contribution in [3.8, 4) is 0 Å². The molecule has 0 bridgehead atoms. The molecule has 12 nitrogen and oxygen atoms in total. The highest BCUT2D eigenvalue weighted by atomic mass is 19.1. The molecule has 3 aliphatic heterocycles. The van der Waals surface area contributed by atoms with E-state index in [9.17, 15) is 24.3 Å². The van der Waals surface area contributed by atoms with Crippen molar-refractivity contribution in [2.45, 2.75) is 141 Å². The number of likely N-dealkylation sites (N-methyl/N-ethyl adjacent to an activating group) is 1. The van der Waals surface area contributed by atoms with Crippen LogP contribution >= 0.6 is 0 Å². The SMILES string of the molecule is CCC1CC(N(C)C)C(O)[C@H](O[C@@H]2[C@@H](C)C(=O)[C@](C)(F)C(=O)O[C@H](CC)[C@@]3(C)OC(=O)N[C@@H]3[C@@H](C)C(=O)[C@H](C)C[C@@]2(C)OC)O1. The van der Waals surface area contributed by atoms with Crippen LogP contribution in [-0.4, -0.2) is 115 Å². The maximum Gasteiger partial charge on any atom is 0.408 e. The molecule has 0 radical (unpaired) electrons. The molecule has 3 heterocycles. The van der Waals surface area contributed by atoms with Gasteiger partial charge in [0, 0.05) is 30.9 Å². The van der Waals surface area contributed by atoms with Gasteiger partial charge in [0.05, 0.1) is 23.9 Å². The van der Waals surface area contributed by atoms with E-state index in [2.05, 4.69) is 5.32 Å². The molecule has 3 aliphatic rings. The van der Waals surface area contributed by atoms with E-state index in [1.807, 2.05) is 25.9 Å². The van der Waals surface area contributed by atoms with Gasteiger partial charge in [0.15, 0.2) is 17.7 Å². The van der Waals surface area contributed by atoms with E-state index in [0.29, 0.717) is 12.8 Å². The lowest BCUT2D eigenvalue weighted by Crippen LogP contribution is -2.61. The van der Waals surface area contributed by atoms with Gasteiger partial charge in [-0.15, -0.1) is 0 Å². The number of rotatable bonds is 6. The number of fused-ring (bicyclic) bond motifs is 1. The molecule has 45 heavy (non-hydrogen) atoms. The maximum absolute atomic E-state index is 16.4. The molecule has 258 valence electrons. The fourth-order valence-corrected chi connectivity index (χ4v) is 7.34. The number of alkyl halides is 1. The quantitative estimate of drug-likeness (QED) is 0.325. The Bertz CT molecular complexity index is 1120. The van der Waals surface area contributed by atoms with E-state index in [0.717, 1.165) is 6.92 Å². The predicted octanol–water partition coefficient (Wildman–Crippen LogP) is 2.96. The van der Waals surface area contributed by atoms with Crippen molar-refractivity contribution in [1.82, 2.24) is 10.2 Å². The molecular weight excluding hydrogens is 591 g/mol. The highest BCUT2D eigenvalue weighted by Gasteiger charge is 2.59. The Hall–Kier alpha value is -2.19. The lowest BCUT2D eigenvalue weighted by Gasteiger charge is -2.47. The van der Waals surface area contributed by atoms with Gasteiger partial charge in [-0.3, -0.25) is 9.59 Å². The third-order valence-electron chi connectivity index (χ3n) is 10.3. The molecule has 0 saturated carbocycles. The van der Waals surface area contributed by atoms with Crippen LogP contribution in [0.15, 0.2) is 0 Å². The minimum Gasteiger partial charge on any atom is -0.455 e. The summed E-state index contributed by atoms with van der Waals surface area (Å²) in [6, 6.07) is -1.25. The molecule has 13 atom stereocenters. The number of nitrogens with zero attached hydrogens (tertiary/aromatic N) is 1. The standard InChI is InChI=1S/C32H53FN2O10/c1-12-19-14-20(35(9)10)23(37)27(42-19)44-26-18(5)25(38)31(7,33)28(39)43-21(13-2)32(8)24(34-29(40)45-32)17(4)22(36)16(3)15-30(26,6)41-11/h16-21,23-24,26-27,37H,12-15H2,1-11H3,(H,34,40)/t16-,17+,18+,19?,20?,21-,23?,24-,26-,27+,30-,31+,32-/m1/s1. The van der Waals surface area contributed by atoms with Crippen LogP contribution in [-0.2, 0) is 38.1 Å². The molecular formula is C32H53FN2O10. The number of ketones is 2. The third kappa shape index (κ3) is 7.07. The summed E-state index contributed by atoms with van der Waals surface area (Å²) in [5, 5.41) is 14.0. The zero-order valence-corrected chi connectivity index (χ0v) is 28.5. The highest BCUT2D eigenvalue weighted by Crippen LogP contribution is 2.41. The van der Waals surface area contributed by atoms with Crippen molar-refractivity contribution < 1.29 is 52.4 Å². The molecule has 3 rings (SSSR count). The molecule has 0 aromatic rings. The highest BCUT2D eigenvalue weighted by molar-refractivity contribution is 6.07. The first-order chi connectivity index (χ1) is 20.8. The summed E-state index contributed by atoms with van der Waals surface area (Å²) in [7, 11) is 5.05.